The van der Waals surface area contributed by atoms with Gasteiger partial charge in [0.05, 0.1) is 0 Å². The molecule has 5 heteroatoms. The fraction of sp³-hybridized carbons (Fsp3) is 0.533. The van der Waals surface area contributed by atoms with Crippen molar-refractivity contribution in [3.05, 3.63) is 35.4 Å². The zero-order valence-corrected chi connectivity index (χ0v) is 12.7. The second-order valence-corrected chi connectivity index (χ2v) is 6.66. The van der Waals surface area contributed by atoms with E-state index < -0.39 is 0 Å². The number of oxime groups is 1. The van der Waals surface area contributed by atoms with Crippen LogP contribution in [0.5, 0.6) is 0 Å². The van der Waals surface area contributed by atoms with Gasteiger partial charge in [0.1, 0.15) is 0 Å². The molecule has 0 radical (unpaired) electrons. The molecule has 1 aliphatic rings. The lowest BCUT2D eigenvalue weighted by Crippen LogP contribution is -2.34. The van der Waals surface area contributed by atoms with Crippen molar-refractivity contribution in [2.45, 2.75) is 37.0 Å². The average Bonchev–Trinajstić information content (AvgIpc) is 2.96. The van der Waals surface area contributed by atoms with Gasteiger partial charge < -0.3 is 16.3 Å². The maximum Gasteiger partial charge on any atom is 0.170 e. The van der Waals surface area contributed by atoms with Crippen LogP contribution in [0.2, 0.25) is 0 Å². The van der Waals surface area contributed by atoms with Gasteiger partial charge in [0, 0.05) is 23.4 Å². The highest BCUT2D eigenvalue weighted by atomic mass is 32.2. The van der Waals surface area contributed by atoms with Gasteiger partial charge in [-0.2, -0.15) is 11.8 Å². The quantitative estimate of drug-likeness (QED) is 0.326. The molecule has 2 rings (SSSR count). The number of benzene rings is 1. The van der Waals surface area contributed by atoms with E-state index in [1.54, 1.807) is 0 Å². The van der Waals surface area contributed by atoms with Crippen molar-refractivity contribution in [3.8, 4) is 0 Å². The summed E-state index contributed by atoms with van der Waals surface area (Å²) < 4.78 is 0.420. The third kappa shape index (κ3) is 3.67. The van der Waals surface area contributed by atoms with Crippen LogP contribution in [-0.4, -0.2) is 28.6 Å². The molecule has 1 aromatic carbocycles. The number of nitrogens with zero attached hydrogens (tertiary/aromatic N) is 1. The van der Waals surface area contributed by atoms with Crippen molar-refractivity contribution in [1.29, 1.82) is 0 Å². The molecule has 110 valence electrons. The Kier molecular flexibility index (Phi) is 5.31. The number of nitrogens with two attached hydrogens (primary N) is 1. The van der Waals surface area contributed by atoms with Crippen LogP contribution in [0.4, 0.5) is 0 Å². The van der Waals surface area contributed by atoms with Crippen LogP contribution >= 0.6 is 11.8 Å². The third-order valence-corrected chi connectivity index (χ3v) is 5.47. The minimum absolute atomic E-state index is 0.156. The zero-order valence-electron chi connectivity index (χ0n) is 11.9. The van der Waals surface area contributed by atoms with Crippen molar-refractivity contribution in [2.24, 2.45) is 10.9 Å². The lowest BCUT2D eigenvalue weighted by molar-refractivity contribution is 0.318. The summed E-state index contributed by atoms with van der Waals surface area (Å²) >= 11 is 1.99. The van der Waals surface area contributed by atoms with Crippen molar-refractivity contribution >= 4 is 17.6 Å². The van der Waals surface area contributed by atoms with E-state index in [9.17, 15) is 0 Å². The first kappa shape index (κ1) is 15.2. The lowest BCUT2D eigenvalue weighted by atomic mass is 10.1. The van der Waals surface area contributed by atoms with Gasteiger partial charge in [-0.3, -0.25) is 0 Å². The molecule has 1 aromatic rings. The molecular formula is C15H23N3OS. The van der Waals surface area contributed by atoms with E-state index in [1.807, 2.05) is 30.0 Å². The summed E-state index contributed by atoms with van der Waals surface area (Å²) in [7, 11) is 0. The average molecular weight is 293 g/mol. The molecule has 1 aliphatic carbocycles. The molecule has 4 nitrogen and oxygen atoms in total. The number of rotatable bonds is 6. The monoisotopic (exact) mass is 293 g/mol. The summed E-state index contributed by atoms with van der Waals surface area (Å²) in [5.41, 5.74) is 7.52. The highest BCUT2D eigenvalue weighted by molar-refractivity contribution is 8.00. The third-order valence-electron chi connectivity index (χ3n) is 4.05. The molecule has 0 heterocycles. The van der Waals surface area contributed by atoms with Crippen LogP contribution in [0.3, 0.4) is 0 Å². The number of hydrogen-bond acceptors (Lipinski definition) is 4. The summed E-state index contributed by atoms with van der Waals surface area (Å²) in [5.74, 6) is 0.156. The van der Waals surface area contributed by atoms with Crippen molar-refractivity contribution < 1.29 is 5.21 Å². The fourth-order valence-electron chi connectivity index (χ4n) is 2.81. The highest BCUT2D eigenvalue weighted by Gasteiger charge is 2.32. The molecule has 1 saturated carbocycles. The molecule has 0 atom stereocenters. The Balaban J connectivity index is 1.91. The maximum atomic E-state index is 8.71. The maximum absolute atomic E-state index is 8.71. The molecule has 4 N–H and O–H groups in total. The Morgan fingerprint density at radius 2 is 2.20 bits per heavy atom. The van der Waals surface area contributed by atoms with Gasteiger partial charge in [0.25, 0.3) is 0 Å². The first-order valence-corrected chi connectivity index (χ1v) is 8.24. The molecule has 0 unspecified atom stereocenters. The van der Waals surface area contributed by atoms with Gasteiger partial charge in [0.15, 0.2) is 5.84 Å². The summed E-state index contributed by atoms with van der Waals surface area (Å²) in [6.07, 6.45) is 7.53. The van der Waals surface area contributed by atoms with E-state index in [0.717, 1.165) is 24.2 Å². The van der Waals surface area contributed by atoms with Crippen LogP contribution in [0, 0.1) is 0 Å². The Bertz CT molecular complexity index is 470. The SMILES string of the molecule is CSC1(CNCc2cccc(/C(N)=N/O)c2)CCCC1. The summed E-state index contributed by atoms with van der Waals surface area (Å²) in [5, 5.41) is 15.3. The van der Waals surface area contributed by atoms with Crippen LogP contribution in [0.1, 0.15) is 36.8 Å². The molecule has 0 aliphatic heterocycles. The molecule has 1 fully saturated rings. The fourth-order valence-corrected chi connectivity index (χ4v) is 3.75. The van der Waals surface area contributed by atoms with E-state index >= 15 is 0 Å². The van der Waals surface area contributed by atoms with Gasteiger partial charge in [-0.05, 0) is 30.7 Å². The molecule has 0 spiro atoms. The first-order valence-electron chi connectivity index (χ1n) is 7.02. The topological polar surface area (TPSA) is 70.6 Å². The normalized spacial score (nSPS) is 18.4. The van der Waals surface area contributed by atoms with E-state index in [-0.39, 0.29) is 5.84 Å². The van der Waals surface area contributed by atoms with E-state index in [0.29, 0.717) is 4.75 Å². The van der Waals surface area contributed by atoms with Crippen LogP contribution in [-0.2, 0) is 6.54 Å². The molecule has 20 heavy (non-hydrogen) atoms. The van der Waals surface area contributed by atoms with Crippen molar-refractivity contribution in [3.63, 3.8) is 0 Å². The predicted octanol–water partition coefficient (Wildman–Crippen LogP) is 2.55. The van der Waals surface area contributed by atoms with E-state index in [4.69, 9.17) is 10.9 Å². The van der Waals surface area contributed by atoms with Gasteiger partial charge in [0.2, 0.25) is 0 Å². The highest BCUT2D eigenvalue weighted by Crippen LogP contribution is 2.39. The number of amidine groups is 1. The largest absolute Gasteiger partial charge is 0.409 e. The zero-order chi connectivity index (χ0) is 14.4. The molecule has 0 amide bonds. The summed E-state index contributed by atoms with van der Waals surface area (Å²) in [4.78, 5) is 0. The van der Waals surface area contributed by atoms with Gasteiger partial charge in [-0.15, -0.1) is 0 Å². The standard InChI is InChI=1S/C15H23N3OS/c1-20-15(7-2-3-8-15)11-17-10-12-5-4-6-13(9-12)14(16)18-19/h4-6,9,17,19H,2-3,7-8,10-11H2,1H3,(H2,16,18). The van der Waals surface area contributed by atoms with Gasteiger partial charge in [-0.1, -0.05) is 36.2 Å². The Morgan fingerprint density at radius 1 is 1.45 bits per heavy atom. The first-order chi connectivity index (χ1) is 9.69. The Morgan fingerprint density at radius 3 is 2.85 bits per heavy atom. The second-order valence-electron chi connectivity index (χ2n) is 5.38. The Hall–Kier alpha value is -1.20. The van der Waals surface area contributed by atoms with Crippen molar-refractivity contribution in [2.75, 3.05) is 12.8 Å². The number of nitrogens with one attached hydrogen (secondary N) is 1. The minimum atomic E-state index is 0.156. The molecule has 0 aromatic heterocycles. The van der Waals surface area contributed by atoms with Crippen LogP contribution in [0.15, 0.2) is 29.4 Å². The van der Waals surface area contributed by atoms with Crippen molar-refractivity contribution in [1.82, 2.24) is 5.32 Å². The molecule has 0 bridgehead atoms. The minimum Gasteiger partial charge on any atom is -0.409 e. The molecular weight excluding hydrogens is 270 g/mol. The summed E-state index contributed by atoms with van der Waals surface area (Å²) in [6, 6.07) is 7.80. The lowest BCUT2D eigenvalue weighted by Gasteiger charge is -2.27. The summed E-state index contributed by atoms with van der Waals surface area (Å²) in [6.45, 7) is 1.86. The van der Waals surface area contributed by atoms with Crippen LogP contribution < -0.4 is 11.1 Å². The van der Waals surface area contributed by atoms with Crippen LogP contribution in [0.25, 0.3) is 0 Å². The predicted molar refractivity (Wildman–Crippen MR) is 85.4 cm³/mol. The molecule has 0 saturated heterocycles. The number of thioether (sulfide) groups is 1. The van der Waals surface area contributed by atoms with E-state index in [2.05, 4.69) is 22.8 Å². The van der Waals surface area contributed by atoms with E-state index in [1.165, 1.54) is 25.7 Å². The second kappa shape index (κ2) is 6.99. The smallest absolute Gasteiger partial charge is 0.170 e. The Labute approximate surface area is 124 Å². The number of hydrogen-bond donors (Lipinski definition) is 3. The van der Waals surface area contributed by atoms with Gasteiger partial charge >= 0.3 is 0 Å². The van der Waals surface area contributed by atoms with Gasteiger partial charge in [-0.25, -0.2) is 0 Å².